The lowest BCUT2D eigenvalue weighted by Gasteiger charge is -2.30. The van der Waals surface area contributed by atoms with Crippen LogP contribution in [0.15, 0.2) is 12.4 Å². The fourth-order valence-corrected chi connectivity index (χ4v) is 3.27. The fourth-order valence-electron chi connectivity index (χ4n) is 3.27. The van der Waals surface area contributed by atoms with Crippen molar-refractivity contribution in [2.24, 2.45) is 5.41 Å². The van der Waals surface area contributed by atoms with Crippen molar-refractivity contribution in [1.29, 1.82) is 0 Å². The summed E-state index contributed by atoms with van der Waals surface area (Å²) in [7, 11) is 0. The van der Waals surface area contributed by atoms with Gasteiger partial charge in [0.1, 0.15) is 0 Å². The summed E-state index contributed by atoms with van der Waals surface area (Å²) in [6.45, 7) is 0. The molecule has 1 spiro atoms. The Balaban J connectivity index is 2.02. The second-order valence-corrected chi connectivity index (χ2v) is 5.59. The van der Waals surface area contributed by atoms with Crippen LogP contribution >= 0.6 is 0 Å². The van der Waals surface area contributed by atoms with Crippen LogP contribution in [-0.4, -0.2) is 32.9 Å². The molecule has 0 radical (unpaired) electrons. The van der Waals surface area contributed by atoms with Gasteiger partial charge in [0.2, 0.25) is 11.8 Å². The first kappa shape index (κ1) is 13.7. The molecule has 0 unspecified atom stereocenters. The maximum absolute atomic E-state index is 12.7. The van der Waals surface area contributed by atoms with Crippen molar-refractivity contribution < 1.29 is 19.5 Å². The molecule has 1 saturated heterocycles. The fraction of sp³-hybridized carbons (Fsp3) is 0.500. The zero-order chi connectivity index (χ0) is 15.0. The topological polar surface area (TPSA) is 100 Å². The summed E-state index contributed by atoms with van der Waals surface area (Å²) < 4.78 is 0. The Morgan fingerprint density at radius 3 is 2.48 bits per heavy atom. The minimum atomic E-state index is -1.30. The third kappa shape index (κ3) is 2.09. The number of carboxylic acid groups (broad SMARTS) is 1. The number of carboxylic acids is 1. The summed E-state index contributed by atoms with van der Waals surface area (Å²) in [5, 5.41) is 9.15. The lowest BCUT2D eigenvalue weighted by molar-refractivity contribution is -0.127. The van der Waals surface area contributed by atoms with Crippen LogP contribution in [0, 0.1) is 5.41 Å². The average Bonchev–Trinajstić information content (AvgIpc) is 2.70. The van der Waals surface area contributed by atoms with Crippen molar-refractivity contribution in [3.8, 4) is 0 Å². The molecule has 1 aromatic heterocycles. The molecule has 7 nitrogen and oxygen atoms in total. The van der Waals surface area contributed by atoms with Crippen LogP contribution in [0.4, 0.5) is 5.82 Å². The van der Waals surface area contributed by atoms with Gasteiger partial charge in [0, 0.05) is 18.8 Å². The lowest BCUT2D eigenvalue weighted by atomic mass is 9.73. The number of carbonyl (C=O) groups is 3. The Morgan fingerprint density at radius 1 is 1.14 bits per heavy atom. The monoisotopic (exact) mass is 289 g/mol. The molecule has 1 aliphatic carbocycles. The van der Waals surface area contributed by atoms with Crippen molar-refractivity contribution in [2.75, 3.05) is 4.90 Å². The van der Waals surface area contributed by atoms with Gasteiger partial charge in [-0.25, -0.2) is 19.7 Å². The summed E-state index contributed by atoms with van der Waals surface area (Å²) in [5.74, 6) is -2.18. The molecule has 0 bridgehead atoms. The molecule has 21 heavy (non-hydrogen) atoms. The van der Waals surface area contributed by atoms with Crippen molar-refractivity contribution >= 4 is 23.6 Å². The number of hydrogen-bond donors (Lipinski definition) is 1. The normalized spacial score (nSPS) is 21.0. The van der Waals surface area contributed by atoms with Gasteiger partial charge in [-0.1, -0.05) is 19.3 Å². The quantitative estimate of drug-likeness (QED) is 0.826. The predicted molar refractivity (Wildman–Crippen MR) is 71.6 cm³/mol. The van der Waals surface area contributed by atoms with Crippen molar-refractivity contribution in [3.05, 3.63) is 18.1 Å². The van der Waals surface area contributed by atoms with E-state index in [4.69, 9.17) is 5.11 Å². The largest absolute Gasteiger partial charge is 0.476 e. The van der Waals surface area contributed by atoms with E-state index < -0.39 is 11.4 Å². The van der Waals surface area contributed by atoms with E-state index in [9.17, 15) is 14.4 Å². The molecule has 2 heterocycles. The first-order valence-corrected chi connectivity index (χ1v) is 6.97. The number of carbonyl (C=O) groups excluding carboxylic acids is 2. The first-order valence-electron chi connectivity index (χ1n) is 6.97. The number of aromatic carboxylic acids is 1. The molecule has 1 aliphatic heterocycles. The predicted octanol–water partition coefficient (Wildman–Crippen LogP) is 1.39. The number of imide groups is 1. The second kappa shape index (κ2) is 4.91. The van der Waals surface area contributed by atoms with E-state index in [1.54, 1.807) is 0 Å². The van der Waals surface area contributed by atoms with E-state index in [1.165, 1.54) is 12.4 Å². The van der Waals surface area contributed by atoms with Gasteiger partial charge in [-0.15, -0.1) is 0 Å². The maximum Gasteiger partial charge on any atom is 0.358 e. The van der Waals surface area contributed by atoms with Gasteiger partial charge >= 0.3 is 5.97 Å². The van der Waals surface area contributed by atoms with Gasteiger partial charge in [-0.2, -0.15) is 0 Å². The molecular weight excluding hydrogens is 274 g/mol. The molecule has 0 aromatic carbocycles. The van der Waals surface area contributed by atoms with Crippen LogP contribution in [0.2, 0.25) is 0 Å². The molecule has 3 rings (SSSR count). The summed E-state index contributed by atoms with van der Waals surface area (Å²) in [4.78, 5) is 44.7. The van der Waals surface area contributed by atoms with Crippen LogP contribution < -0.4 is 4.90 Å². The minimum absolute atomic E-state index is 0.140. The molecule has 7 heteroatoms. The van der Waals surface area contributed by atoms with Gasteiger partial charge in [0.25, 0.3) is 0 Å². The third-order valence-electron chi connectivity index (χ3n) is 4.30. The van der Waals surface area contributed by atoms with Crippen LogP contribution in [0.3, 0.4) is 0 Å². The molecule has 0 atom stereocenters. The zero-order valence-corrected chi connectivity index (χ0v) is 11.4. The summed E-state index contributed by atoms with van der Waals surface area (Å²) in [5.41, 5.74) is -1.03. The van der Waals surface area contributed by atoms with Crippen LogP contribution in [0.25, 0.3) is 0 Å². The standard InChI is InChI=1S/C14H15N3O4/c18-9-8-14(4-2-1-3-5-14)13(21)17(9)11-10(12(19)20)15-6-7-16-11/h6-7H,1-5,8H2,(H,19,20). The summed E-state index contributed by atoms with van der Waals surface area (Å²) >= 11 is 0. The molecule has 2 aliphatic rings. The highest BCUT2D eigenvalue weighted by molar-refractivity contribution is 6.23. The molecule has 1 N–H and O–H groups in total. The third-order valence-corrected chi connectivity index (χ3v) is 4.30. The van der Waals surface area contributed by atoms with Crippen LogP contribution in [-0.2, 0) is 9.59 Å². The van der Waals surface area contributed by atoms with Gasteiger partial charge in [0.15, 0.2) is 11.5 Å². The average molecular weight is 289 g/mol. The van der Waals surface area contributed by atoms with Crippen LogP contribution in [0.1, 0.15) is 49.0 Å². The Hall–Kier alpha value is -2.31. The Bertz CT molecular complexity index is 622. The number of nitrogens with zero attached hydrogens (tertiary/aromatic N) is 3. The van der Waals surface area contributed by atoms with E-state index in [2.05, 4.69) is 9.97 Å². The number of amides is 2. The highest BCUT2D eigenvalue weighted by atomic mass is 16.4. The number of anilines is 1. The van der Waals surface area contributed by atoms with Gasteiger partial charge in [-0.05, 0) is 12.8 Å². The van der Waals surface area contributed by atoms with Gasteiger partial charge in [0.05, 0.1) is 5.41 Å². The highest BCUT2D eigenvalue weighted by Gasteiger charge is 2.53. The molecule has 2 fully saturated rings. The molecule has 1 saturated carbocycles. The second-order valence-electron chi connectivity index (χ2n) is 5.59. The Labute approximate surface area is 121 Å². The lowest BCUT2D eigenvalue weighted by Crippen LogP contribution is -2.38. The van der Waals surface area contributed by atoms with Gasteiger partial charge < -0.3 is 5.11 Å². The molecule has 110 valence electrons. The Morgan fingerprint density at radius 2 is 1.81 bits per heavy atom. The smallest absolute Gasteiger partial charge is 0.358 e. The zero-order valence-electron chi connectivity index (χ0n) is 11.4. The minimum Gasteiger partial charge on any atom is -0.476 e. The number of hydrogen-bond acceptors (Lipinski definition) is 5. The SMILES string of the molecule is O=C(O)c1nccnc1N1C(=O)CC2(CCCCC2)C1=O. The highest BCUT2D eigenvalue weighted by Crippen LogP contribution is 2.46. The summed E-state index contributed by atoms with van der Waals surface area (Å²) in [6.07, 6.45) is 6.91. The number of aromatic nitrogens is 2. The van der Waals surface area contributed by atoms with E-state index in [-0.39, 0.29) is 29.7 Å². The molecule has 2 amide bonds. The molecule has 1 aromatic rings. The van der Waals surface area contributed by atoms with E-state index in [1.807, 2.05) is 0 Å². The molecular formula is C14H15N3O4. The van der Waals surface area contributed by atoms with Gasteiger partial charge in [-0.3, -0.25) is 9.59 Å². The Kier molecular flexibility index (Phi) is 3.19. The van der Waals surface area contributed by atoms with Crippen molar-refractivity contribution in [3.63, 3.8) is 0 Å². The number of rotatable bonds is 2. The maximum atomic E-state index is 12.7. The summed E-state index contributed by atoms with van der Waals surface area (Å²) in [6, 6.07) is 0. The van der Waals surface area contributed by atoms with Crippen molar-refractivity contribution in [2.45, 2.75) is 38.5 Å². The first-order chi connectivity index (χ1) is 10.1. The van der Waals surface area contributed by atoms with E-state index in [0.29, 0.717) is 12.8 Å². The van der Waals surface area contributed by atoms with E-state index >= 15 is 0 Å². The van der Waals surface area contributed by atoms with Crippen molar-refractivity contribution in [1.82, 2.24) is 9.97 Å². The van der Waals surface area contributed by atoms with E-state index in [0.717, 1.165) is 24.2 Å². The van der Waals surface area contributed by atoms with Crippen LogP contribution in [0.5, 0.6) is 0 Å².